The number of aryl methyl sites for hydroxylation is 1. The molecule has 3 aromatic rings. The topological polar surface area (TPSA) is 64.4 Å². The summed E-state index contributed by atoms with van der Waals surface area (Å²) in [5.41, 5.74) is 3.37. The van der Waals surface area contributed by atoms with Crippen LogP contribution >= 0.6 is 0 Å². The number of rotatable bonds is 5. The lowest BCUT2D eigenvalue weighted by Gasteiger charge is -2.03. The first kappa shape index (κ1) is 15.8. The summed E-state index contributed by atoms with van der Waals surface area (Å²) in [4.78, 5) is 12.3. The average Bonchev–Trinajstić information content (AvgIpc) is 3.10. The van der Waals surface area contributed by atoms with E-state index in [1.165, 1.54) is 5.56 Å². The highest BCUT2D eigenvalue weighted by molar-refractivity contribution is 6.03. The van der Waals surface area contributed by atoms with Gasteiger partial charge in [-0.2, -0.15) is 0 Å². The number of benzene rings is 2. The minimum Gasteiger partial charge on any atom is -0.497 e. The number of carbonyl (C=O) groups is 1. The molecule has 5 heteroatoms. The minimum absolute atomic E-state index is 0.280. The van der Waals surface area contributed by atoms with E-state index in [1.807, 2.05) is 12.1 Å². The minimum atomic E-state index is -0.280. The molecule has 0 aliphatic heterocycles. The highest BCUT2D eigenvalue weighted by Gasteiger charge is 2.12. The van der Waals surface area contributed by atoms with Crippen LogP contribution in [0.15, 0.2) is 59.1 Å². The highest BCUT2D eigenvalue weighted by Crippen LogP contribution is 2.23. The van der Waals surface area contributed by atoms with Gasteiger partial charge in [0.1, 0.15) is 11.4 Å². The van der Waals surface area contributed by atoms with Gasteiger partial charge in [0.15, 0.2) is 0 Å². The molecule has 5 nitrogen and oxygen atoms in total. The molecule has 0 bridgehead atoms. The van der Waals surface area contributed by atoms with Gasteiger partial charge in [-0.15, -0.1) is 0 Å². The summed E-state index contributed by atoms with van der Waals surface area (Å²) in [5, 5.41) is 6.71. The number of aromatic nitrogens is 1. The second-order valence-electron chi connectivity index (χ2n) is 5.31. The smallest absolute Gasteiger partial charge is 0.258 e. The quantitative estimate of drug-likeness (QED) is 0.766. The summed E-state index contributed by atoms with van der Waals surface area (Å²) in [6, 6.07) is 16.7. The Morgan fingerprint density at radius 3 is 2.67 bits per heavy atom. The summed E-state index contributed by atoms with van der Waals surface area (Å²) in [7, 11) is 1.56. The third-order valence-corrected chi connectivity index (χ3v) is 3.74. The molecule has 0 saturated carbocycles. The number of anilines is 1. The van der Waals surface area contributed by atoms with E-state index in [9.17, 15) is 4.79 Å². The lowest BCUT2D eigenvalue weighted by Crippen LogP contribution is -2.11. The van der Waals surface area contributed by atoms with E-state index in [1.54, 1.807) is 37.4 Å². The van der Waals surface area contributed by atoms with Crippen molar-refractivity contribution in [1.29, 1.82) is 0 Å². The van der Waals surface area contributed by atoms with Gasteiger partial charge >= 0.3 is 0 Å². The van der Waals surface area contributed by atoms with Crippen LogP contribution in [-0.2, 0) is 6.42 Å². The van der Waals surface area contributed by atoms with E-state index in [2.05, 4.69) is 29.5 Å². The zero-order chi connectivity index (χ0) is 16.9. The van der Waals surface area contributed by atoms with Crippen molar-refractivity contribution in [2.45, 2.75) is 13.3 Å². The number of methoxy groups -OCH3 is 1. The molecule has 0 saturated heterocycles. The molecule has 0 aliphatic carbocycles. The normalized spacial score (nSPS) is 10.4. The van der Waals surface area contributed by atoms with Gasteiger partial charge < -0.3 is 9.26 Å². The molecule has 1 heterocycles. The second kappa shape index (κ2) is 7.00. The molecule has 1 N–H and O–H groups in total. The van der Waals surface area contributed by atoms with Crippen molar-refractivity contribution in [1.82, 2.24) is 5.16 Å². The fourth-order valence-corrected chi connectivity index (χ4v) is 2.33. The Hall–Kier alpha value is -3.08. The molecule has 1 aromatic heterocycles. The first-order chi connectivity index (χ1) is 11.7. The molecule has 1 amide bonds. The Balaban J connectivity index is 1.74. The molecule has 0 spiro atoms. The largest absolute Gasteiger partial charge is 0.497 e. The van der Waals surface area contributed by atoms with Crippen molar-refractivity contribution >= 4 is 11.8 Å². The molecule has 0 radical (unpaired) electrons. The Bertz CT molecular complexity index is 838. The van der Waals surface area contributed by atoms with Crippen molar-refractivity contribution in [2.24, 2.45) is 0 Å². The second-order valence-corrected chi connectivity index (χ2v) is 5.31. The molecule has 122 valence electrons. The first-order valence-electron chi connectivity index (χ1n) is 7.71. The fraction of sp³-hybridized carbons (Fsp3) is 0.158. The SMILES string of the molecule is CCc1ccc(-c2cc(NC(=O)c3cccc(OC)c3)on2)cc1. The predicted molar refractivity (Wildman–Crippen MR) is 92.3 cm³/mol. The molecule has 0 fully saturated rings. The molecule has 0 atom stereocenters. The van der Waals surface area contributed by atoms with Gasteiger partial charge in [0, 0.05) is 17.2 Å². The number of ether oxygens (including phenoxy) is 1. The molecule has 24 heavy (non-hydrogen) atoms. The van der Waals surface area contributed by atoms with Gasteiger partial charge in [-0.05, 0) is 30.2 Å². The summed E-state index contributed by atoms with van der Waals surface area (Å²) in [6.45, 7) is 2.11. The molecule has 0 unspecified atom stereocenters. The molecular weight excluding hydrogens is 304 g/mol. The number of nitrogens with one attached hydrogen (secondary N) is 1. The van der Waals surface area contributed by atoms with Crippen molar-refractivity contribution < 1.29 is 14.1 Å². The van der Waals surface area contributed by atoms with Crippen LogP contribution < -0.4 is 10.1 Å². The standard InChI is InChI=1S/C19H18N2O3/c1-3-13-7-9-14(10-8-13)17-12-18(24-21-17)20-19(22)15-5-4-6-16(11-15)23-2/h4-12H,3H2,1-2H3,(H,20,22). The van der Waals surface area contributed by atoms with Gasteiger partial charge in [-0.25, -0.2) is 0 Å². The molecule has 0 aliphatic rings. The Morgan fingerprint density at radius 1 is 1.17 bits per heavy atom. The van der Waals surface area contributed by atoms with Crippen LogP contribution in [0.25, 0.3) is 11.3 Å². The van der Waals surface area contributed by atoms with Crippen LogP contribution in [-0.4, -0.2) is 18.2 Å². The summed E-state index contributed by atoms with van der Waals surface area (Å²) >= 11 is 0. The van der Waals surface area contributed by atoms with Crippen LogP contribution in [0.4, 0.5) is 5.88 Å². The average molecular weight is 322 g/mol. The zero-order valence-electron chi connectivity index (χ0n) is 13.6. The van der Waals surface area contributed by atoms with Gasteiger partial charge in [0.05, 0.1) is 7.11 Å². The van der Waals surface area contributed by atoms with Crippen molar-refractivity contribution in [3.63, 3.8) is 0 Å². The van der Waals surface area contributed by atoms with E-state index < -0.39 is 0 Å². The monoisotopic (exact) mass is 322 g/mol. The Kier molecular flexibility index (Phi) is 4.61. The number of carbonyl (C=O) groups excluding carboxylic acids is 1. The van der Waals surface area contributed by atoms with Gasteiger partial charge in [0.2, 0.25) is 5.88 Å². The van der Waals surface area contributed by atoms with Crippen LogP contribution in [0.2, 0.25) is 0 Å². The lowest BCUT2D eigenvalue weighted by molar-refractivity contribution is 0.102. The van der Waals surface area contributed by atoms with E-state index in [-0.39, 0.29) is 5.91 Å². The Labute approximate surface area is 140 Å². The third kappa shape index (κ3) is 3.46. The number of hydrogen-bond donors (Lipinski definition) is 1. The van der Waals surface area contributed by atoms with E-state index in [0.29, 0.717) is 22.9 Å². The van der Waals surface area contributed by atoms with Crippen molar-refractivity contribution in [2.75, 3.05) is 12.4 Å². The predicted octanol–water partition coefficient (Wildman–Crippen LogP) is 4.16. The Morgan fingerprint density at radius 2 is 1.96 bits per heavy atom. The number of amides is 1. The van der Waals surface area contributed by atoms with Crippen LogP contribution in [0, 0.1) is 0 Å². The van der Waals surface area contributed by atoms with Crippen LogP contribution in [0.3, 0.4) is 0 Å². The highest BCUT2D eigenvalue weighted by atomic mass is 16.5. The van der Waals surface area contributed by atoms with Gasteiger partial charge in [0.25, 0.3) is 5.91 Å². The molecule has 3 rings (SSSR count). The van der Waals surface area contributed by atoms with Crippen LogP contribution in [0.5, 0.6) is 5.75 Å². The molecule has 2 aromatic carbocycles. The van der Waals surface area contributed by atoms with Gasteiger partial charge in [-0.3, -0.25) is 10.1 Å². The zero-order valence-corrected chi connectivity index (χ0v) is 13.6. The third-order valence-electron chi connectivity index (χ3n) is 3.74. The van der Waals surface area contributed by atoms with E-state index in [0.717, 1.165) is 12.0 Å². The number of nitrogens with zero attached hydrogens (tertiary/aromatic N) is 1. The maximum Gasteiger partial charge on any atom is 0.258 e. The van der Waals surface area contributed by atoms with E-state index in [4.69, 9.17) is 9.26 Å². The number of hydrogen-bond acceptors (Lipinski definition) is 4. The fourth-order valence-electron chi connectivity index (χ4n) is 2.33. The summed E-state index contributed by atoms with van der Waals surface area (Å²) < 4.78 is 10.3. The molecular formula is C19H18N2O3. The maximum atomic E-state index is 12.3. The maximum absolute atomic E-state index is 12.3. The van der Waals surface area contributed by atoms with Crippen molar-refractivity contribution in [3.8, 4) is 17.0 Å². The lowest BCUT2D eigenvalue weighted by atomic mass is 10.1. The van der Waals surface area contributed by atoms with Gasteiger partial charge in [-0.1, -0.05) is 42.4 Å². The summed E-state index contributed by atoms with van der Waals surface area (Å²) in [6.07, 6.45) is 0.987. The van der Waals surface area contributed by atoms with E-state index >= 15 is 0 Å². The van der Waals surface area contributed by atoms with Crippen LogP contribution in [0.1, 0.15) is 22.8 Å². The first-order valence-corrected chi connectivity index (χ1v) is 7.71. The van der Waals surface area contributed by atoms with Crippen molar-refractivity contribution in [3.05, 3.63) is 65.7 Å². The summed E-state index contributed by atoms with van der Waals surface area (Å²) in [5.74, 6) is 0.646.